The Bertz CT molecular complexity index is 290. The molecule has 1 N–H and O–H groups in total. The molecule has 0 atom stereocenters. The maximum absolute atomic E-state index is 10.3. The smallest absolute Gasteiger partial charge is 0.303 e. The molecule has 0 rings (SSSR count). The van der Waals surface area contributed by atoms with Crippen LogP contribution in [0.4, 0.5) is 0 Å². The summed E-state index contributed by atoms with van der Waals surface area (Å²) < 4.78 is 36.3. The molecule has 0 radical (unpaired) electrons. The number of aliphatic carboxylic acids is 1. The quantitative estimate of drug-likeness (QED) is 0.493. The van der Waals surface area contributed by atoms with Crippen LogP contribution >= 0.6 is 0 Å². The highest BCUT2D eigenvalue weighted by Gasteiger charge is 1.96. The summed E-state index contributed by atoms with van der Waals surface area (Å²) in [6.07, 6.45) is 6.84. The highest BCUT2D eigenvalue weighted by molar-refractivity contribution is 5.66. The maximum Gasteiger partial charge on any atom is 0.303 e. The molecule has 2 nitrogen and oxygen atoms in total. The Labute approximate surface area is 107 Å². The lowest BCUT2D eigenvalue weighted by atomic mass is 10.1. The van der Waals surface area contributed by atoms with Crippen LogP contribution < -0.4 is 0 Å². The van der Waals surface area contributed by atoms with Crippen LogP contribution in [0.15, 0.2) is 0 Å². The largest absolute Gasteiger partial charge is 0.481 e. The van der Waals surface area contributed by atoms with Crippen molar-refractivity contribution in [3.63, 3.8) is 0 Å². The van der Waals surface area contributed by atoms with Gasteiger partial charge in [0.05, 0.1) is 0 Å². The van der Waals surface area contributed by atoms with Crippen molar-refractivity contribution in [2.75, 3.05) is 0 Å². The molecule has 0 aliphatic heterocycles. The Morgan fingerprint density at radius 3 is 1.81 bits per heavy atom. The lowest BCUT2D eigenvalue weighted by Gasteiger charge is -2.01. The van der Waals surface area contributed by atoms with Crippen molar-refractivity contribution < 1.29 is 16.8 Å². The number of carbonyl (C=O) groups is 1. The second-order valence-electron chi connectivity index (χ2n) is 4.25. The molecular formula is C14H28O2. The van der Waals surface area contributed by atoms with Gasteiger partial charge in [-0.3, -0.25) is 4.79 Å². The van der Waals surface area contributed by atoms with Crippen LogP contribution in [0.5, 0.6) is 0 Å². The van der Waals surface area contributed by atoms with Gasteiger partial charge in [-0.2, -0.15) is 0 Å². The predicted molar refractivity (Wildman–Crippen MR) is 68.7 cm³/mol. The average molecular weight is 233 g/mol. The minimum absolute atomic E-state index is 0.0959. The summed E-state index contributed by atoms with van der Waals surface area (Å²) in [5.41, 5.74) is 0. The Morgan fingerprint density at radius 2 is 1.38 bits per heavy atom. The van der Waals surface area contributed by atoms with E-state index in [1.54, 1.807) is 0 Å². The molecule has 0 heterocycles. The Balaban J connectivity index is 3.36. The summed E-state index contributed by atoms with van der Waals surface area (Å²) in [7, 11) is 0. The van der Waals surface area contributed by atoms with Crippen LogP contribution in [0.2, 0.25) is 0 Å². The van der Waals surface area contributed by atoms with Crippen LogP contribution in [0.1, 0.15) is 90.7 Å². The van der Waals surface area contributed by atoms with Gasteiger partial charge in [-0.25, -0.2) is 0 Å². The van der Waals surface area contributed by atoms with E-state index in [1.807, 2.05) is 0 Å². The Morgan fingerprint density at radius 1 is 0.938 bits per heavy atom. The molecular weight excluding hydrogens is 200 g/mol. The summed E-state index contributed by atoms with van der Waals surface area (Å²) in [6.45, 7) is -2.52. The van der Waals surface area contributed by atoms with Crippen LogP contribution in [-0.2, 0) is 4.79 Å². The number of hydrogen-bond acceptors (Lipinski definition) is 1. The molecule has 0 unspecified atom stereocenters. The minimum Gasteiger partial charge on any atom is -0.481 e. The van der Waals surface area contributed by atoms with Crippen molar-refractivity contribution in [1.29, 1.82) is 0 Å². The minimum atomic E-state index is -2.52. The van der Waals surface area contributed by atoms with E-state index in [1.165, 1.54) is 0 Å². The SMILES string of the molecule is [2H]C([2H])([2H])C([2H])([2H])CCCCCCCCCCCC(=O)O. The van der Waals surface area contributed by atoms with Crippen molar-refractivity contribution >= 4 is 5.97 Å². The van der Waals surface area contributed by atoms with Gasteiger partial charge < -0.3 is 5.11 Å². The number of carboxylic acid groups (broad SMARTS) is 1. The molecule has 0 aromatic heterocycles. The summed E-state index contributed by atoms with van der Waals surface area (Å²) in [5, 5.41) is 8.48. The number of carboxylic acids is 1. The third-order valence-corrected chi connectivity index (χ3v) is 2.69. The first kappa shape index (κ1) is 8.54. The summed E-state index contributed by atoms with van der Waals surface area (Å²) in [5.74, 6) is -0.730. The summed E-state index contributed by atoms with van der Waals surface area (Å²) in [4.78, 5) is 10.3. The number of unbranched alkanes of at least 4 members (excludes halogenated alkanes) is 8. The third-order valence-electron chi connectivity index (χ3n) is 2.69. The molecule has 2 heteroatoms. The van der Waals surface area contributed by atoms with Gasteiger partial charge in [-0.15, -0.1) is 0 Å². The van der Waals surface area contributed by atoms with Crippen molar-refractivity contribution in [2.24, 2.45) is 0 Å². The lowest BCUT2D eigenvalue weighted by molar-refractivity contribution is -0.137. The van der Waals surface area contributed by atoms with Gasteiger partial charge in [-0.05, 0) is 6.42 Å². The van der Waals surface area contributed by atoms with Gasteiger partial charge in [-0.1, -0.05) is 71.0 Å². The average Bonchev–Trinajstić information content (AvgIpc) is 2.34. The number of hydrogen-bond donors (Lipinski definition) is 1. The van der Waals surface area contributed by atoms with Gasteiger partial charge in [0.25, 0.3) is 0 Å². The summed E-state index contributed by atoms with van der Waals surface area (Å²) >= 11 is 0. The highest BCUT2D eigenvalue weighted by atomic mass is 16.4. The summed E-state index contributed by atoms with van der Waals surface area (Å²) in [6, 6.07) is 0. The number of rotatable bonds is 12. The fourth-order valence-electron chi connectivity index (χ4n) is 1.73. The van der Waals surface area contributed by atoms with Gasteiger partial charge in [0.15, 0.2) is 0 Å². The lowest BCUT2D eigenvalue weighted by Crippen LogP contribution is -1.93. The van der Waals surface area contributed by atoms with Crippen molar-refractivity contribution in [3.8, 4) is 0 Å². The molecule has 0 aliphatic rings. The van der Waals surface area contributed by atoms with Gasteiger partial charge in [0, 0.05) is 13.3 Å². The third kappa shape index (κ3) is 13.5. The van der Waals surface area contributed by atoms with Crippen molar-refractivity contribution in [3.05, 3.63) is 0 Å². The van der Waals surface area contributed by atoms with Gasteiger partial charge >= 0.3 is 5.97 Å². The molecule has 16 heavy (non-hydrogen) atoms. The van der Waals surface area contributed by atoms with Crippen LogP contribution in [0.3, 0.4) is 0 Å². The molecule has 0 spiro atoms. The Kier molecular flexibility index (Phi) is 6.70. The van der Waals surface area contributed by atoms with E-state index in [9.17, 15) is 4.79 Å². The molecule has 0 amide bonds. The second-order valence-corrected chi connectivity index (χ2v) is 4.25. The zero-order valence-corrected chi connectivity index (χ0v) is 10.1. The molecule has 0 aliphatic carbocycles. The monoisotopic (exact) mass is 233 g/mol. The van der Waals surface area contributed by atoms with Gasteiger partial charge in [0.1, 0.15) is 0 Å². The zero-order chi connectivity index (χ0) is 16.4. The standard InChI is InChI=1S/C14H28O2/c1-2-3-4-5-6-7-8-9-10-11-12-13-14(15)16/h2-13H2,1H3,(H,15,16)/i1D3,2D2. The molecule has 0 bridgehead atoms. The Hall–Kier alpha value is -0.530. The van der Waals surface area contributed by atoms with E-state index in [2.05, 4.69) is 0 Å². The molecule has 0 fully saturated rings. The van der Waals surface area contributed by atoms with E-state index < -0.39 is 19.2 Å². The fraction of sp³-hybridized carbons (Fsp3) is 0.929. The van der Waals surface area contributed by atoms with Crippen LogP contribution in [-0.4, -0.2) is 11.1 Å². The second kappa shape index (κ2) is 12.5. The van der Waals surface area contributed by atoms with E-state index >= 15 is 0 Å². The first-order valence-corrected chi connectivity index (χ1v) is 6.38. The predicted octanol–water partition coefficient (Wildman–Crippen LogP) is 4.77. The fourth-order valence-corrected chi connectivity index (χ4v) is 1.73. The normalized spacial score (nSPS) is 16.9. The van der Waals surface area contributed by atoms with Crippen molar-refractivity contribution in [2.45, 2.75) is 83.9 Å². The van der Waals surface area contributed by atoms with E-state index in [4.69, 9.17) is 12.0 Å². The molecule has 96 valence electrons. The van der Waals surface area contributed by atoms with Crippen LogP contribution in [0.25, 0.3) is 0 Å². The first-order valence-electron chi connectivity index (χ1n) is 8.88. The van der Waals surface area contributed by atoms with E-state index in [-0.39, 0.29) is 12.8 Å². The van der Waals surface area contributed by atoms with Gasteiger partial charge in [0.2, 0.25) is 0 Å². The highest BCUT2D eigenvalue weighted by Crippen LogP contribution is 2.11. The maximum atomic E-state index is 10.3. The van der Waals surface area contributed by atoms with E-state index in [0.717, 1.165) is 51.4 Å². The molecule has 0 saturated carbocycles. The van der Waals surface area contributed by atoms with Crippen molar-refractivity contribution in [1.82, 2.24) is 0 Å². The topological polar surface area (TPSA) is 37.3 Å². The van der Waals surface area contributed by atoms with E-state index in [0.29, 0.717) is 6.42 Å². The molecule has 0 aromatic rings. The molecule has 0 aromatic carbocycles. The molecule has 0 saturated heterocycles. The zero-order valence-electron chi connectivity index (χ0n) is 15.1. The van der Waals surface area contributed by atoms with Crippen LogP contribution in [0, 0.1) is 0 Å². The first-order chi connectivity index (χ1) is 9.67.